The highest BCUT2D eigenvalue weighted by Crippen LogP contribution is 2.37. The van der Waals surface area contributed by atoms with Crippen LogP contribution in [0.2, 0.25) is 0 Å². The molecule has 2 N–H and O–H groups in total. The number of nitrogens with two attached hydrogens (primary N) is 1. The summed E-state index contributed by atoms with van der Waals surface area (Å²) in [5.74, 6) is 1.25. The van der Waals surface area contributed by atoms with Crippen molar-refractivity contribution in [1.82, 2.24) is 0 Å². The smallest absolute Gasteiger partial charge is 0.0177 e. The SMILES string of the molecule is NC1CCC(c2ccccc2)CC1Cc1cccc(Br)c1. The molecule has 21 heavy (non-hydrogen) atoms. The Hall–Kier alpha value is -1.12. The summed E-state index contributed by atoms with van der Waals surface area (Å²) < 4.78 is 1.16. The summed E-state index contributed by atoms with van der Waals surface area (Å²) in [5.41, 5.74) is 9.26. The summed E-state index contributed by atoms with van der Waals surface area (Å²) in [7, 11) is 0. The quantitative estimate of drug-likeness (QED) is 0.842. The van der Waals surface area contributed by atoms with E-state index in [1.807, 2.05) is 0 Å². The van der Waals surface area contributed by atoms with Gasteiger partial charge in [0.25, 0.3) is 0 Å². The zero-order valence-corrected chi connectivity index (χ0v) is 13.8. The van der Waals surface area contributed by atoms with Crippen LogP contribution >= 0.6 is 15.9 Å². The Kier molecular flexibility index (Phi) is 4.77. The van der Waals surface area contributed by atoms with Gasteiger partial charge in [-0.1, -0.05) is 58.4 Å². The molecule has 0 radical (unpaired) electrons. The van der Waals surface area contributed by atoms with Gasteiger partial charge in [-0.25, -0.2) is 0 Å². The van der Waals surface area contributed by atoms with E-state index in [1.54, 1.807) is 0 Å². The third-order valence-electron chi connectivity index (χ3n) is 4.70. The molecular formula is C19H22BrN. The number of benzene rings is 2. The summed E-state index contributed by atoms with van der Waals surface area (Å²) >= 11 is 3.56. The maximum atomic E-state index is 6.39. The monoisotopic (exact) mass is 343 g/mol. The first-order valence-corrected chi connectivity index (χ1v) is 8.56. The van der Waals surface area contributed by atoms with Gasteiger partial charge < -0.3 is 5.73 Å². The molecular weight excluding hydrogens is 322 g/mol. The third kappa shape index (κ3) is 3.75. The van der Waals surface area contributed by atoms with Gasteiger partial charge in [0.15, 0.2) is 0 Å². The fourth-order valence-electron chi connectivity index (χ4n) is 3.52. The van der Waals surface area contributed by atoms with Crippen molar-refractivity contribution < 1.29 is 0 Å². The van der Waals surface area contributed by atoms with Crippen LogP contribution in [-0.4, -0.2) is 6.04 Å². The minimum absolute atomic E-state index is 0.337. The highest BCUT2D eigenvalue weighted by Gasteiger charge is 2.28. The molecule has 1 aliphatic rings. The molecule has 0 aliphatic heterocycles. The molecule has 0 aromatic heterocycles. The van der Waals surface area contributed by atoms with Gasteiger partial charge in [0, 0.05) is 10.5 Å². The molecule has 1 aliphatic carbocycles. The largest absolute Gasteiger partial charge is 0.327 e. The molecule has 0 heterocycles. The van der Waals surface area contributed by atoms with Gasteiger partial charge in [0.2, 0.25) is 0 Å². The summed E-state index contributed by atoms with van der Waals surface area (Å²) in [6.45, 7) is 0. The van der Waals surface area contributed by atoms with Crippen molar-refractivity contribution in [1.29, 1.82) is 0 Å². The molecule has 2 heteroatoms. The molecule has 0 saturated heterocycles. The first kappa shape index (κ1) is 14.8. The van der Waals surface area contributed by atoms with E-state index in [2.05, 4.69) is 70.5 Å². The van der Waals surface area contributed by atoms with Gasteiger partial charge in [-0.15, -0.1) is 0 Å². The highest BCUT2D eigenvalue weighted by molar-refractivity contribution is 9.10. The van der Waals surface area contributed by atoms with Gasteiger partial charge in [0.1, 0.15) is 0 Å². The van der Waals surface area contributed by atoms with E-state index in [1.165, 1.54) is 24.0 Å². The number of rotatable bonds is 3. The van der Waals surface area contributed by atoms with Crippen LogP contribution in [0.25, 0.3) is 0 Å². The summed E-state index contributed by atoms with van der Waals surface area (Å²) in [6, 6.07) is 19.9. The van der Waals surface area contributed by atoms with Crippen molar-refractivity contribution in [3.8, 4) is 0 Å². The van der Waals surface area contributed by atoms with Crippen molar-refractivity contribution in [2.45, 2.75) is 37.6 Å². The van der Waals surface area contributed by atoms with Gasteiger partial charge >= 0.3 is 0 Å². The first-order chi connectivity index (χ1) is 10.2. The molecule has 3 rings (SSSR count). The fraction of sp³-hybridized carbons (Fsp3) is 0.368. The topological polar surface area (TPSA) is 26.0 Å². The molecule has 0 bridgehead atoms. The molecule has 2 aromatic rings. The van der Waals surface area contributed by atoms with Crippen LogP contribution in [0.3, 0.4) is 0 Å². The lowest BCUT2D eigenvalue weighted by atomic mass is 9.73. The molecule has 1 saturated carbocycles. The first-order valence-electron chi connectivity index (χ1n) is 7.77. The van der Waals surface area contributed by atoms with E-state index in [4.69, 9.17) is 5.73 Å². The van der Waals surface area contributed by atoms with Crippen molar-refractivity contribution in [2.24, 2.45) is 11.7 Å². The Balaban J connectivity index is 1.72. The zero-order valence-electron chi connectivity index (χ0n) is 12.2. The zero-order chi connectivity index (χ0) is 14.7. The van der Waals surface area contributed by atoms with Gasteiger partial charge in [-0.3, -0.25) is 0 Å². The van der Waals surface area contributed by atoms with E-state index in [-0.39, 0.29) is 0 Å². The summed E-state index contributed by atoms with van der Waals surface area (Å²) in [5, 5.41) is 0. The second-order valence-electron chi connectivity index (χ2n) is 6.18. The lowest BCUT2D eigenvalue weighted by Gasteiger charge is -2.34. The summed E-state index contributed by atoms with van der Waals surface area (Å²) in [6.07, 6.45) is 4.65. The third-order valence-corrected chi connectivity index (χ3v) is 5.19. The van der Waals surface area contributed by atoms with E-state index in [0.717, 1.165) is 17.3 Å². The Morgan fingerprint density at radius 2 is 1.81 bits per heavy atom. The van der Waals surface area contributed by atoms with Crippen LogP contribution < -0.4 is 5.73 Å². The van der Waals surface area contributed by atoms with E-state index < -0.39 is 0 Å². The van der Waals surface area contributed by atoms with Crippen LogP contribution in [0.15, 0.2) is 59.1 Å². The van der Waals surface area contributed by atoms with Crippen LogP contribution in [0.4, 0.5) is 0 Å². The molecule has 1 fully saturated rings. The van der Waals surface area contributed by atoms with Crippen molar-refractivity contribution >= 4 is 15.9 Å². The molecule has 1 nitrogen and oxygen atoms in total. The lowest BCUT2D eigenvalue weighted by Crippen LogP contribution is -2.36. The normalized spacial score (nSPS) is 25.7. The maximum absolute atomic E-state index is 6.39. The standard InChI is InChI=1S/C19H22BrN/c20-18-8-4-5-14(12-18)11-17-13-16(9-10-19(17)21)15-6-2-1-3-7-15/h1-8,12,16-17,19H,9-11,13,21H2. The van der Waals surface area contributed by atoms with E-state index in [9.17, 15) is 0 Å². The van der Waals surface area contributed by atoms with Crippen LogP contribution in [-0.2, 0) is 6.42 Å². The molecule has 0 spiro atoms. The molecule has 0 amide bonds. The van der Waals surface area contributed by atoms with Crippen LogP contribution in [0.1, 0.15) is 36.3 Å². The van der Waals surface area contributed by atoms with Gasteiger partial charge in [-0.05, 0) is 60.8 Å². The summed E-state index contributed by atoms with van der Waals surface area (Å²) in [4.78, 5) is 0. The minimum atomic E-state index is 0.337. The predicted octanol–water partition coefficient (Wildman–Crippen LogP) is 4.90. The van der Waals surface area contributed by atoms with E-state index >= 15 is 0 Å². The van der Waals surface area contributed by atoms with Crippen molar-refractivity contribution in [3.63, 3.8) is 0 Å². The van der Waals surface area contributed by atoms with Crippen molar-refractivity contribution in [2.75, 3.05) is 0 Å². The van der Waals surface area contributed by atoms with Crippen LogP contribution in [0.5, 0.6) is 0 Å². The van der Waals surface area contributed by atoms with Gasteiger partial charge in [0.05, 0.1) is 0 Å². The second kappa shape index (κ2) is 6.76. The maximum Gasteiger partial charge on any atom is 0.0177 e. The number of hydrogen-bond acceptors (Lipinski definition) is 1. The van der Waals surface area contributed by atoms with Gasteiger partial charge in [-0.2, -0.15) is 0 Å². The predicted molar refractivity (Wildman–Crippen MR) is 92.3 cm³/mol. The molecule has 110 valence electrons. The average Bonchev–Trinajstić information content (AvgIpc) is 2.50. The highest BCUT2D eigenvalue weighted by atomic mass is 79.9. The molecule has 3 unspecified atom stereocenters. The lowest BCUT2D eigenvalue weighted by molar-refractivity contribution is 0.277. The molecule has 3 atom stereocenters. The van der Waals surface area contributed by atoms with Crippen molar-refractivity contribution in [3.05, 3.63) is 70.2 Å². The Labute approximate surface area is 135 Å². The Bertz CT molecular complexity index is 581. The average molecular weight is 344 g/mol. The minimum Gasteiger partial charge on any atom is -0.327 e. The molecule has 2 aromatic carbocycles. The Morgan fingerprint density at radius 3 is 2.57 bits per heavy atom. The number of hydrogen-bond donors (Lipinski definition) is 1. The van der Waals surface area contributed by atoms with Crippen LogP contribution in [0, 0.1) is 5.92 Å². The second-order valence-corrected chi connectivity index (χ2v) is 7.09. The van der Waals surface area contributed by atoms with E-state index in [0.29, 0.717) is 17.9 Å². The Morgan fingerprint density at radius 1 is 1.00 bits per heavy atom. The fourth-order valence-corrected chi connectivity index (χ4v) is 3.96. The number of halogens is 1.